The lowest BCUT2D eigenvalue weighted by Crippen LogP contribution is -2.59. The highest BCUT2D eigenvalue weighted by Gasteiger charge is 2.43. The second kappa shape index (κ2) is 6.57. The van der Waals surface area contributed by atoms with Crippen molar-refractivity contribution in [3.05, 3.63) is 54.2 Å². The molecule has 0 saturated carbocycles. The highest BCUT2D eigenvalue weighted by Crippen LogP contribution is 2.33. The number of rotatable bonds is 2. The van der Waals surface area contributed by atoms with Crippen molar-refractivity contribution in [3.8, 4) is 0 Å². The van der Waals surface area contributed by atoms with Crippen LogP contribution >= 0.6 is 0 Å². The summed E-state index contributed by atoms with van der Waals surface area (Å²) in [6.45, 7) is 1.46. The molecule has 2 fully saturated rings. The zero-order valence-electron chi connectivity index (χ0n) is 14.2. The van der Waals surface area contributed by atoms with Crippen LogP contribution in [-0.2, 0) is 9.53 Å². The molecule has 6 nitrogen and oxygen atoms in total. The first-order chi connectivity index (χ1) is 12.6. The van der Waals surface area contributed by atoms with Gasteiger partial charge in [0, 0.05) is 18.8 Å². The van der Waals surface area contributed by atoms with Gasteiger partial charge in [-0.25, -0.2) is 4.39 Å². The van der Waals surface area contributed by atoms with Gasteiger partial charge >= 0.3 is 0 Å². The molecular formula is C19H19FN2O4. The normalized spacial score (nSPS) is 19.8. The van der Waals surface area contributed by atoms with Crippen LogP contribution in [0.3, 0.4) is 0 Å². The number of morpholine rings is 1. The summed E-state index contributed by atoms with van der Waals surface area (Å²) in [6, 6.07) is 9.22. The first-order valence-corrected chi connectivity index (χ1v) is 8.59. The number of benzene rings is 1. The summed E-state index contributed by atoms with van der Waals surface area (Å²) in [7, 11) is 0. The first-order valence-electron chi connectivity index (χ1n) is 8.59. The van der Waals surface area contributed by atoms with Gasteiger partial charge in [0.25, 0.3) is 11.8 Å². The summed E-state index contributed by atoms with van der Waals surface area (Å²) >= 11 is 0. The fourth-order valence-electron chi connectivity index (χ4n) is 3.55. The van der Waals surface area contributed by atoms with Crippen LogP contribution in [0.2, 0.25) is 0 Å². The summed E-state index contributed by atoms with van der Waals surface area (Å²) in [6.07, 6.45) is 2.74. The second-order valence-corrected chi connectivity index (χ2v) is 6.70. The van der Waals surface area contributed by atoms with Crippen molar-refractivity contribution in [3.63, 3.8) is 0 Å². The maximum atomic E-state index is 13.2. The molecule has 0 unspecified atom stereocenters. The van der Waals surface area contributed by atoms with Gasteiger partial charge in [-0.1, -0.05) is 0 Å². The molecule has 136 valence electrons. The zero-order chi connectivity index (χ0) is 18.1. The third-order valence-corrected chi connectivity index (χ3v) is 5.08. The standard InChI is InChI=1S/C19H19FN2O4/c20-14-3-5-15(6-4-14)22-13-19(26-12-17(22)23)7-9-21(10-8-19)18(24)16-2-1-11-25-16/h1-6,11H,7-10,12-13H2. The van der Waals surface area contributed by atoms with E-state index < -0.39 is 5.60 Å². The van der Waals surface area contributed by atoms with Crippen molar-refractivity contribution in [2.24, 2.45) is 0 Å². The summed E-state index contributed by atoms with van der Waals surface area (Å²) in [5, 5.41) is 0. The van der Waals surface area contributed by atoms with E-state index >= 15 is 0 Å². The summed E-state index contributed by atoms with van der Waals surface area (Å²) < 4.78 is 24.2. The van der Waals surface area contributed by atoms with E-state index in [1.54, 1.807) is 34.1 Å². The fraction of sp³-hybridized carbons (Fsp3) is 0.368. The fourth-order valence-corrected chi connectivity index (χ4v) is 3.55. The number of nitrogens with zero attached hydrogens (tertiary/aromatic N) is 2. The Kier molecular flexibility index (Phi) is 4.24. The smallest absolute Gasteiger partial charge is 0.289 e. The Balaban J connectivity index is 1.45. The monoisotopic (exact) mass is 358 g/mol. The van der Waals surface area contributed by atoms with Gasteiger partial charge < -0.3 is 19.0 Å². The molecule has 26 heavy (non-hydrogen) atoms. The van der Waals surface area contributed by atoms with Crippen LogP contribution in [0.4, 0.5) is 10.1 Å². The van der Waals surface area contributed by atoms with Crippen LogP contribution in [0.15, 0.2) is 47.1 Å². The van der Waals surface area contributed by atoms with Gasteiger partial charge in [0.05, 0.1) is 18.4 Å². The summed E-state index contributed by atoms with van der Waals surface area (Å²) in [4.78, 5) is 28.0. The first kappa shape index (κ1) is 16.8. The Hall–Kier alpha value is -2.67. The number of hydrogen-bond acceptors (Lipinski definition) is 4. The molecule has 2 amide bonds. The molecule has 0 radical (unpaired) electrons. The molecule has 0 atom stereocenters. The van der Waals surface area contributed by atoms with Gasteiger partial charge in [-0.3, -0.25) is 9.59 Å². The molecule has 0 aliphatic carbocycles. The van der Waals surface area contributed by atoms with Crippen LogP contribution in [0, 0.1) is 5.82 Å². The molecule has 4 rings (SSSR count). The molecular weight excluding hydrogens is 339 g/mol. The Morgan fingerprint density at radius 1 is 1.12 bits per heavy atom. The van der Waals surface area contributed by atoms with Crippen LogP contribution in [0.25, 0.3) is 0 Å². The highest BCUT2D eigenvalue weighted by molar-refractivity contribution is 5.95. The molecule has 7 heteroatoms. The van der Waals surface area contributed by atoms with Gasteiger partial charge in [-0.05, 0) is 49.2 Å². The number of ether oxygens (including phenoxy) is 1. The SMILES string of the molecule is O=C(c1ccco1)N1CCC2(CC1)CN(c1ccc(F)cc1)C(=O)CO2. The number of piperidine rings is 1. The van der Waals surface area contributed by atoms with Crippen molar-refractivity contribution in [1.82, 2.24) is 4.90 Å². The number of hydrogen-bond donors (Lipinski definition) is 0. The van der Waals surface area contributed by atoms with E-state index in [0.29, 0.717) is 43.9 Å². The lowest BCUT2D eigenvalue weighted by molar-refractivity contribution is -0.143. The van der Waals surface area contributed by atoms with E-state index in [4.69, 9.17) is 9.15 Å². The quantitative estimate of drug-likeness (QED) is 0.827. The predicted octanol–water partition coefficient (Wildman–Crippen LogP) is 2.46. The molecule has 0 N–H and O–H groups in total. The molecule has 2 aliphatic heterocycles. The van der Waals surface area contributed by atoms with E-state index in [0.717, 1.165) is 0 Å². The molecule has 1 aromatic carbocycles. The number of furan rings is 1. The van der Waals surface area contributed by atoms with Crippen molar-refractivity contribution in [2.75, 3.05) is 31.1 Å². The number of likely N-dealkylation sites (tertiary alicyclic amines) is 1. The maximum absolute atomic E-state index is 13.2. The Morgan fingerprint density at radius 3 is 2.50 bits per heavy atom. The van der Waals surface area contributed by atoms with Crippen LogP contribution in [-0.4, -0.2) is 48.6 Å². The number of halogens is 1. The molecule has 0 bridgehead atoms. The third kappa shape index (κ3) is 3.10. The highest BCUT2D eigenvalue weighted by atomic mass is 19.1. The van der Waals surface area contributed by atoms with Crippen molar-refractivity contribution in [1.29, 1.82) is 0 Å². The molecule has 2 aromatic rings. The summed E-state index contributed by atoms with van der Waals surface area (Å²) in [5.74, 6) is -0.286. The molecule has 2 aliphatic rings. The number of carbonyl (C=O) groups excluding carboxylic acids is 2. The van der Waals surface area contributed by atoms with Gasteiger partial charge in [-0.15, -0.1) is 0 Å². The van der Waals surface area contributed by atoms with E-state index in [9.17, 15) is 14.0 Å². The maximum Gasteiger partial charge on any atom is 0.289 e. The van der Waals surface area contributed by atoms with E-state index in [-0.39, 0.29) is 24.2 Å². The Bertz CT molecular complexity index is 795. The van der Waals surface area contributed by atoms with Gasteiger partial charge in [-0.2, -0.15) is 0 Å². The molecule has 3 heterocycles. The minimum Gasteiger partial charge on any atom is -0.459 e. The van der Waals surface area contributed by atoms with Gasteiger partial charge in [0.15, 0.2) is 5.76 Å². The Labute approximate surface area is 150 Å². The average molecular weight is 358 g/mol. The minimum atomic E-state index is -0.484. The lowest BCUT2D eigenvalue weighted by Gasteiger charge is -2.46. The van der Waals surface area contributed by atoms with Gasteiger partial charge in [0.2, 0.25) is 0 Å². The largest absolute Gasteiger partial charge is 0.459 e. The van der Waals surface area contributed by atoms with Crippen LogP contribution in [0.1, 0.15) is 23.4 Å². The van der Waals surface area contributed by atoms with Crippen LogP contribution < -0.4 is 4.90 Å². The van der Waals surface area contributed by atoms with Crippen molar-refractivity contribution in [2.45, 2.75) is 18.4 Å². The number of amides is 2. The molecule has 2 saturated heterocycles. The minimum absolute atomic E-state index is 0.0104. The van der Waals surface area contributed by atoms with Gasteiger partial charge in [0.1, 0.15) is 12.4 Å². The predicted molar refractivity (Wildman–Crippen MR) is 91.3 cm³/mol. The van der Waals surface area contributed by atoms with E-state index in [1.807, 2.05) is 0 Å². The van der Waals surface area contributed by atoms with Crippen molar-refractivity contribution < 1.29 is 23.1 Å². The van der Waals surface area contributed by atoms with Crippen LogP contribution in [0.5, 0.6) is 0 Å². The third-order valence-electron chi connectivity index (χ3n) is 5.08. The number of carbonyl (C=O) groups is 2. The van der Waals surface area contributed by atoms with E-state index in [2.05, 4.69) is 0 Å². The van der Waals surface area contributed by atoms with E-state index in [1.165, 1.54) is 18.4 Å². The Morgan fingerprint density at radius 2 is 1.85 bits per heavy atom. The average Bonchev–Trinajstić information content (AvgIpc) is 3.20. The summed E-state index contributed by atoms with van der Waals surface area (Å²) in [5.41, 5.74) is 0.176. The molecule has 1 aromatic heterocycles. The lowest BCUT2D eigenvalue weighted by atomic mass is 9.89. The zero-order valence-corrected chi connectivity index (χ0v) is 14.2. The number of anilines is 1. The topological polar surface area (TPSA) is 63.0 Å². The molecule has 1 spiro atoms. The van der Waals surface area contributed by atoms with Crippen molar-refractivity contribution >= 4 is 17.5 Å². The second-order valence-electron chi connectivity index (χ2n) is 6.70.